The Kier molecular flexibility index (Phi) is 12.6. The molecule has 1 aromatic rings. The summed E-state index contributed by atoms with van der Waals surface area (Å²) in [5.41, 5.74) is 2.63. The number of para-hydroxylation sites is 1. The van der Waals surface area contributed by atoms with Gasteiger partial charge in [-0.3, -0.25) is 0 Å². The maximum Gasteiger partial charge on any atom is 0.125 e. The molecule has 1 heterocycles. The first-order valence-corrected chi connectivity index (χ1v) is 12.1. The number of fused-ring (bicyclic) bond motifs is 1. The molecule has 3 unspecified atom stereocenters. The van der Waals surface area contributed by atoms with Gasteiger partial charge in [0.25, 0.3) is 0 Å². The highest BCUT2D eigenvalue weighted by Gasteiger charge is 2.16. The Balaban J connectivity index is 0.000000289. The van der Waals surface area contributed by atoms with E-state index in [9.17, 15) is 0 Å². The first-order valence-electron chi connectivity index (χ1n) is 12.1. The molecule has 0 aliphatic carbocycles. The second kappa shape index (κ2) is 14.1. The summed E-state index contributed by atoms with van der Waals surface area (Å²) in [7, 11) is 0. The topological polar surface area (TPSA) is 9.23 Å². The van der Waals surface area contributed by atoms with Crippen molar-refractivity contribution in [3.8, 4) is 5.75 Å². The van der Waals surface area contributed by atoms with E-state index in [1.807, 2.05) is 0 Å². The lowest BCUT2D eigenvalue weighted by atomic mass is 9.92. The molecule has 0 radical (unpaired) electrons. The van der Waals surface area contributed by atoms with Crippen molar-refractivity contribution in [3.63, 3.8) is 0 Å². The number of benzene rings is 1. The Labute approximate surface area is 176 Å². The van der Waals surface area contributed by atoms with Crippen LogP contribution < -0.4 is 4.74 Å². The van der Waals surface area contributed by atoms with E-state index in [1.165, 1.54) is 62.5 Å². The Hall–Kier alpha value is -0.980. The summed E-state index contributed by atoms with van der Waals surface area (Å²) in [4.78, 5) is 0. The summed E-state index contributed by atoms with van der Waals surface area (Å²) in [5.74, 6) is 3.91. The second-order valence-electron chi connectivity index (χ2n) is 9.78. The zero-order chi connectivity index (χ0) is 20.9. The minimum Gasteiger partial charge on any atom is -0.490 e. The van der Waals surface area contributed by atoms with E-state index in [4.69, 9.17) is 4.74 Å². The van der Waals surface area contributed by atoms with Gasteiger partial charge < -0.3 is 4.74 Å². The lowest BCUT2D eigenvalue weighted by Gasteiger charge is -2.24. The number of hydrogen-bond acceptors (Lipinski definition) is 1. The average Bonchev–Trinajstić information content (AvgIpc) is 2.63. The van der Waals surface area contributed by atoms with Crippen molar-refractivity contribution in [2.75, 3.05) is 0 Å². The van der Waals surface area contributed by atoms with E-state index in [-0.39, 0.29) is 0 Å². The summed E-state index contributed by atoms with van der Waals surface area (Å²) < 4.78 is 5.76. The third-order valence-corrected chi connectivity index (χ3v) is 6.09. The van der Waals surface area contributed by atoms with Crippen molar-refractivity contribution < 1.29 is 4.74 Å². The lowest BCUT2D eigenvalue weighted by Crippen LogP contribution is -2.19. The molecule has 0 amide bonds. The van der Waals surface area contributed by atoms with Gasteiger partial charge in [0.15, 0.2) is 0 Å². The molecule has 0 fully saturated rings. The minimum absolute atomic E-state index is 0.388. The molecule has 1 aliphatic heterocycles. The average molecular weight is 389 g/mol. The van der Waals surface area contributed by atoms with Crippen LogP contribution in [0.5, 0.6) is 5.75 Å². The molecule has 1 aromatic carbocycles. The van der Waals surface area contributed by atoms with Gasteiger partial charge in [0.1, 0.15) is 5.75 Å². The van der Waals surface area contributed by atoms with Gasteiger partial charge in [0.05, 0.1) is 6.10 Å². The predicted molar refractivity (Wildman–Crippen MR) is 125 cm³/mol. The Morgan fingerprint density at radius 3 is 2.14 bits per heavy atom. The van der Waals surface area contributed by atoms with E-state index >= 15 is 0 Å². The summed E-state index contributed by atoms with van der Waals surface area (Å²) in [6, 6.07) is 6.37. The van der Waals surface area contributed by atoms with Gasteiger partial charge in [-0.2, -0.15) is 0 Å². The van der Waals surface area contributed by atoms with E-state index in [2.05, 4.69) is 66.7 Å². The highest BCUT2D eigenvalue weighted by atomic mass is 16.5. The number of aryl methyl sites for hydroxylation is 2. The molecule has 0 saturated heterocycles. The summed E-state index contributed by atoms with van der Waals surface area (Å²) in [6.45, 7) is 16.0. The molecule has 0 spiro atoms. The van der Waals surface area contributed by atoms with Gasteiger partial charge in [0, 0.05) is 0 Å². The fourth-order valence-electron chi connectivity index (χ4n) is 4.17. The highest BCUT2D eigenvalue weighted by molar-refractivity contribution is 5.42. The van der Waals surface area contributed by atoms with Crippen LogP contribution >= 0.6 is 0 Å². The molecular weight excluding hydrogens is 340 g/mol. The number of ether oxygens (including phenoxy) is 1. The predicted octanol–water partition coefficient (Wildman–Crippen LogP) is 8.76. The van der Waals surface area contributed by atoms with Crippen molar-refractivity contribution in [1.82, 2.24) is 0 Å². The van der Waals surface area contributed by atoms with Crippen LogP contribution in [0.2, 0.25) is 0 Å². The van der Waals surface area contributed by atoms with Gasteiger partial charge in [-0.05, 0) is 55.6 Å². The Morgan fingerprint density at radius 1 is 0.929 bits per heavy atom. The Bertz CT molecular complexity index is 519. The maximum atomic E-state index is 5.76. The van der Waals surface area contributed by atoms with Crippen LogP contribution in [0.15, 0.2) is 18.2 Å². The number of hydrogen-bond donors (Lipinski definition) is 0. The third-order valence-electron chi connectivity index (χ3n) is 6.09. The first kappa shape index (κ1) is 25.1. The Morgan fingerprint density at radius 2 is 1.54 bits per heavy atom. The molecule has 3 atom stereocenters. The van der Waals surface area contributed by atoms with Crippen LogP contribution in [0.25, 0.3) is 0 Å². The second-order valence-corrected chi connectivity index (χ2v) is 9.78. The van der Waals surface area contributed by atoms with E-state index in [1.54, 1.807) is 0 Å². The van der Waals surface area contributed by atoms with Gasteiger partial charge in [-0.1, -0.05) is 104 Å². The highest BCUT2D eigenvalue weighted by Crippen LogP contribution is 2.30. The molecule has 0 saturated carbocycles. The van der Waals surface area contributed by atoms with Crippen LogP contribution in [-0.4, -0.2) is 6.10 Å². The quantitative estimate of drug-likeness (QED) is 0.389. The third kappa shape index (κ3) is 10.5. The molecule has 1 aliphatic rings. The zero-order valence-electron chi connectivity index (χ0n) is 20.0. The van der Waals surface area contributed by atoms with E-state index in [0.29, 0.717) is 6.10 Å². The lowest BCUT2D eigenvalue weighted by molar-refractivity contribution is 0.191. The molecule has 0 N–H and O–H groups in total. The van der Waals surface area contributed by atoms with Gasteiger partial charge in [-0.25, -0.2) is 0 Å². The monoisotopic (exact) mass is 388 g/mol. The van der Waals surface area contributed by atoms with Crippen molar-refractivity contribution >= 4 is 0 Å². The molecule has 28 heavy (non-hydrogen) atoms. The van der Waals surface area contributed by atoms with Gasteiger partial charge in [0.2, 0.25) is 0 Å². The van der Waals surface area contributed by atoms with Crippen molar-refractivity contribution in [3.05, 3.63) is 29.3 Å². The van der Waals surface area contributed by atoms with E-state index in [0.717, 1.165) is 36.3 Å². The first-order chi connectivity index (χ1) is 13.3. The zero-order valence-corrected chi connectivity index (χ0v) is 20.0. The minimum atomic E-state index is 0.388. The molecule has 2 rings (SSSR count). The van der Waals surface area contributed by atoms with Crippen molar-refractivity contribution in [1.29, 1.82) is 0 Å². The molecule has 0 bridgehead atoms. The number of rotatable bonds is 10. The van der Waals surface area contributed by atoms with Gasteiger partial charge >= 0.3 is 0 Å². The van der Waals surface area contributed by atoms with Crippen molar-refractivity contribution in [2.45, 2.75) is 119 Å². The summed E-state index contributed by atoms with van der Waals surface area (Å²) in [6.07, 6.45) is 14.1. The molecule has 0 aromatic heterocycles. The van der Waals surface area contributed by atoms with Crippen molar-refractivity contribution in [2.24, 2.45) is 17.8 Å². The van der Waals surface area contributed by atoms with Crippen LogP contribution in [-0.2, 0) is 6.42 Å². The normalized spacial score (nSPS) is 17.9. The summed E-state index contributed by atoms with van der Waals surface area (Å²) >= 11 is 0. The van der Waals surface area contributed by atoms with Crippen LogP contribution in [0, 0.1) is 24.7 Å². The fraction of sp³-hybridized carbons (Fsp3) is 0.778. The van der Waals surface area contributed by atoms with E-state index < -0.39 is 0 Å². The molecular formula is C27H48O. The largest absolute Gasteiger partial charge is 0.490 e. The molecule has 162 valence electrons. The van der Waals surface area contributed by atoms with Crippen LogP contribution in [0.1, 0.15) is 110 Å². The smallest absolute Gasteiger partial charge is 0.125 e. The fourth-order valence-corrected chi connectivity index (χ4v) is 4.17. The maximum absolute atomic E-state index is 5.76. The molecule has 1 heteroatoms. The van der Waals surface area contributed by atoms with Crippen LogP contribution in [0.4, 0.5) is 0 Å². The molecule has 1 nitrogen and oxygen atoms in total. The standard InChI is InChI=1S/C16H34.C11H14O/c1-6-9-15(4)12-8-13-16(5)11-7-10-14(2)3;1-8-4-3-5-10-7-6-9(2)12-11(8)10/h14-16H,6-13H2,1-5H3;3-5,9H,6-7H2,1-2H3. The van der Waals surface area contributed by atoms with Crippen LogP contribution in [0.3, 0.4) is 0 Å². The van der Waals surface area contributed by atoms with Gasteiger partial charge in [-0.15, -0.1) is 0 Å². The summed E-state index contributed by atoms with van der Waals surface area (Å²) in [5, 5.41) is 0. The SMILES string of the molecule is CCCC(C)CCCC(C)CCCC(C)C.Cc1cccc2c1OC(C)CC2.